The molecule has 1 aliphatic rings. The van der Waals surface area contributed by atoms with E-state index in [9.17, 15) is 9.59 Å². The highest BCUT2D eigenvalue weighted by atomic mass is 35.5. The zero-order valence-corrected chi connectivity index (χ0v) is 15.7. The highest BCUT2D eigenvalue weighted by Gasteiger charge is 2.28. The molecule has 136 valence electrons. The van der Waals surface area contributed by atoms with Gasteiger partial charge in [0.2, 0.25) is 0 Å². The van der Waals surface area contributed by atoms with Crippen molar-refractivity contribution in [3.63, 3.8) is 0 Å². The largest absolute Gasteiger partial charge is 0.347 e. The Morgan fingerprint density at radius 3 is 1.38 bits per heavy atom. The van der Waals surface area contributed by atoms with Crippen LogP contribution in [0.15, 0.2) is 48.5 Å². The summed E-state index contributed by atoms with van der Waals surface area (Å²) in [6, 6.07) is 13.4. The molecule has 2 atom stereocenters. The Bertz CT molecular complexity index is 708. The first-order valence-electron chi connectivity index (χ1n) is 8.66. The van der Waals surface area contributed by atoms with Gasteiger partial charge in [0.15, 0.2) is 0 Å². The molecule has 0 bridgehead atoms. The van der Waals surface area contributed by atoms with E-state index in [4.69, 9.17) is 23.2 Å². The van der Waals surface area contributed by atoms with Crippen molar-refractivity contribution >= 4 is 35.0 Å². The fourth-order valence-corrected chi connectivity index (χ4v) is 3.43. The minimum Gasteiger partial charge on any atom is -0.347 e. The Hall–Kier alpha value is -2.04. The summed E-state index contributed by atoms with van der Waals surface area (Å²) in [5.41, 5.74) is 1.12. The molecule has 0 radical (unpaired) electrons. The van der Waals surface area contributed by atoms with Crippen LogP contribution in [0.2, 0.25) is 10.0 Å². The highest BCUT2D eigenvalue weighted by Crippen LogP contribution is 2.20. The Morgan fingerprint density at radius 1 is 0.692 bits per heavy atom. The second kappa shape index (κ2) is 8.56. The molecule has 1 aliphatic carbocycles. The quantitative estimate of drug-likeness (QED) is 0.808. The van der Waals surface area contributed by atoms with Gasteiger partial charge in [-0.1, -0.05) is 36.0 Å². The molecule has 0 saturated heterocycles. The Morgan fingerprint density at radius 2 is 1.04 bits per heavy atom. The lowest BCUT2D eigenvalue weighted by Crippen LogP contribution is -2.53. The molecule has 3 rings (SSSR count). The lowest BCUT2D eigenvalue weighted by atomic mass is 9.89. The summed E-state index contributed by atoms with van der Waals surface area (Å²) < 4.78 is 0. The molecule has 0 unspecified atom stereocenters. The molecule has 0 heterocycles. The first kappa shape index (κ1) is 18.7. The minimum atomic E-state index is -0.153. The standard InChI is InChI=1S/C20H20Cl2N2O2/c21-15-9-5-13(6-10-15)19(25)23-17-3-1-2-4-18(17)24-20(26)14-7-11-16(22)12-8-14/h5-12,17-18H,1-4H2,(H,23,25)(H,24,26)/t17-,18-/m1/s1. The fourth-order valence-electron chi connectivity index (χ4n) is 3.18. The van der Waals surface area contributed by atoms with Crippen molar-refractivity contribution in [1.82, 2.24) is 10.6 Å². The van der Waals surface area contributed by atoms with Gasteiger partial charge in [-0.2, -0.15) is 0 Å². The number of carbonyl (C=O) groups excluding carboxylic acids is 2. The van der Waals surface area contributed by atoms with Gasteiger partial charge in [-0.15, -0.1) is 0 Å². The maximum Gasteiger partial charge on any atom is 0.251 e. The van der Waals surface area contributed by atoms with Crippen molar-refractivity contribution in [2.45, 2.75) is 37.8 Å². The summed E-state index contributed by atoms with van der Waals surface area (Å²) in [6.07, 6.45) is 3.73. The van der Waals surface area contributed by atoms with Crippen molar-refractivity contribution in [1.29, 1.82) is 0 Å². The number of benzene rings is 2. The molecule has 0 aromatic heterocycles. The third-order valence-corrected chi connectivity index (χ3v) is 5.12. The second-order valence-electron chi connectivity index (χ2n) is 6.46. The van der Waals surface area contributed by atoms with Gasteiger partial charge in [0, 0.05) is 33.3 Å². The number of rotatable bonds is 4. The van der Waals surface area contributed by atoms with Crippen molar-refractivity contribution in [3.05, 3.63) is 69.7 Å². The number of amides is 2. The van der Waals surface area contributed by atoms with Crippen molar-refractivity contribution in [2.24, 2.45) is 0 Å². The average Bonchev–Trinajstić information content (AvgIpc) is 2.64. The van der Waals surface area contributed by atoms with E-state index >= 15 is 0 Å². The number of carbonyl (C=O) groups is 2. The van der Waals surface area contributed by atoms with Crippen LogP contribution in [0.1, 0.15) is 46.4 Å². The topological polar surface area (TPSA) is 58.2 Å². The van der Waals surface area contributed by atoms with Crippen LogP contribution in [-0.2, 0) is 0 Å². The Kier molecular flexibility index (Phi) is 6.17. The SMILES string of the molecule is O=C(N[C@@H]1CCCC[C@H]1NC(=O)c1ccc(Cl)cc1)c1ccc(Cl)cc1. The summed E-state index contributed by atoms with van der Waals surface area (Å²) in [7, 11) is 0. The van der Waals surface area contributed by atoms with Gasteiger partial charge in [-0.25, -0.2) is 0 Å². The van der Waals surface area contributed by atoms with Gasteiger partial charge in [-0.05, 0) is 61.4 Å². The van der Waals surface area contributed by atoms with Crippen LogP contribution < -0.4 is 10.6 Å². The predicted octanol–water partition coefficient (Wildman–Crippen LogP) is 4.46. The maximum absolute atomic E-state index is 12.5. The van der Waals surface area contributed by atoms with Crippen LogP contribution in [0.25, 0.3) is 0 Å². The van der Waals surface area contributed by atoms with E-state index in [1.807, 2.05) is 0 Å². The smallest absolute Gasteiger partial charge is 0.251 e. The molecule has 2 aromatic carbocycles. The van der Waals surface area contributed by atoms with E-state index in [1.165, 1.54) is 0 Å². The van der Waals surface area contributed by atoms with Crippen LogP contribution in [0, 0.1) is 0 Å². The monoisotopic (exact) mass is 390 g/mol. The van der Waals surface area contributed by atoms with E-state index in [1.54, 1.807) is 48.5 Å². The molecule has 1 fully saturated rings. The maximum atomic E-state index is 12.5. The predicted molar refractivity (Wildman–Crippen MR) is 104 cm³/mol. The Labute approximate surface area is 162 Å². The molecule has 2 aromatic rings. The summed E-state index contributed by atoms with van der Waals surface area (Å²) in [6.45, 7) is 0. The lowest BCUT2D eigenvalue weighted by molar-refractivity contribution is 0.0863. The number of nitrogens with one attached hydrogen (secondary N) is 2. The van der Waals surface area contributed by atoms with E-state index in [0.29, 0.717) is 21.2 Å². The molecule has 2 N–H and O–H groups in total. The molecule has 2 amide bonds. The van der Waals surface area contributed by atoms with Crippen LogP contribution in [0.4, 0.5) is 0 Å². The van der Waals surface area contributed by atoms with Crippen LogP contribution in [-0.4, -0.2) is 23.9 Å². The van der Waals surface area contributed by atoms with Gasteiger partial charge in [0.05, 0.1) is 0 Å². The van der Waals surface area contributed by atoms with Gasteiger partial charge in [0.1, 0.15) is 0 Å². The summed E-state index contributed by atoms with van der Waals surface area (Å²) >= 11 is 11.7. The summed E-state index contributed by atoms with van der Waals surface area (Å²) in [5.74, 6) is -0.307. The van der Waals surface area contributed by atoms with Crippen LogP contribution in [0.5, 0.6) is 0 Å². The van der Waals surface area contributed by atoms with Crippen molar-refractivity contribution in [3.8, 4) is 0 Å². The second-order valence-corrected chi connectivity index (χ2v) is 7.33. The number of halogens is 2. The van der Waals surface area contributed by atoms with E-state index in [-0.39, 0.29) is 23.9 Å². The van der Waals surface area contributed by atoms with Crippen LogP contribution >= 0.6 is 23.2 Å². The normalized spacial score (nSPS) is 19.6. The average molecular weight is 391 g/mol. The van der Waals surface area contributed by atoms with Gasteiger partial charge >= 0.3 is 0 Å². The number of hydrogen-bond donors (Lipinski definition) is 2. The molecule has 1 saturated carbocycles. The zero-order chi connectivity index (χ0) is 18.5. The van der Waals surface area contributed by atoms with E-state index < -0.39 is 0 Å². The van der Waals surface area contributed by atoms with Gasteiger partial charge < -0.3 is 10.6 Å². The molecular weight excluding hydrogens is 371 g/mol. The third-order valence-electron chi connectivity index (χ3n) is 4.61. The minimum absolute atomic E-state index is 0.0943. The molecule has 0 aliphatic heterocycles. The molecule has 4 nitrogen and oxygen atoms in total. The van der Waals surface area contributed by atoms with E-state index in [2.05, 4.69) is 10.6 Å². The molecule has 0 spiro atoms. The van der Waals surface area contributed by atoms with Gasteiger partial charge in [-0.3, -0.25) is 9.59 Å². The first-order valence-corrected chi connectivity index (χ1v) is 9.41. The van der Waals surface area contributed by atoms with Crippen molar-refractivity contribution in [2.75, 3.05) is 0 Å². The van der Waals surface area contributed by atoms with Crippen molar-refractivity contribution < 1.29 is 9.59 Å². The summed E-state index contributed by atoms with van der Waals surface area (Å²) in [5, 5.41) is 7.29. The molecule has 26 heavy (non-hydrogen) atoms. The first-order chi connectivity index (χ1) is 12.5. The fraction of sp³-hybridized carbons (Fsp3) is 0.300. The molecular formula is C20H20Cl2N2O2. The van der Waals surface area contributed by atoms with Crippen LogP contribution in [0.3, 0.4) is 0 Å². The van der Waals surface area contributed by atoms with E-state index in [0.717, 1.165) is 25.7 Å². The van der Waals surface area contributed by atoms with Gasteiger partial charge in [0.25, 0.3) is 11.8 Å². The zero-order valence-electron chi connectivity index (χ0n) is 14.2. The Balaban J connectivity index is 1.65. The summed E-state index contributed by atoms with van der Waals surface area (Å²) in [4.78, 5) is 25.0. The lowest BCUT2D eigenvalue weighted by Gasteiger charge is -2.33. The molecule has 6 heteroatoms. The third kappa shape index (κ3) is 4.77. The number of hydrogen-bond acceptors (Lipinski definition) is 2. The highest BCUT2D eigenvalue weighted by molar-refractivity contribution is 6.31.